The van der Waals surface area contributed by atoms with E-state index in [9.17, 15) is 4.79 Å². The molecule has 0 spiro atoms. The second kappa shape index (κ2) is 5.65. The molecule has 0 aliphatic carbocycles. The highest BCUT2D eigenvalue weighted by atomic mass is 79.9. The zero-order chi connectivity index (χ0) is 13.1. The zero-order valence-electron chi connectivity index (χ0n) is 10.4. The van der Waals surface area contributed by atoms with Crippen LogP contribution in [-0.4, -0.2) is 18.4 Å². The average molecular weight is 300 g/mol. The maximum atomic E-state index is 12.0. The molecule has 1 atom stereocenters. The SMILES string of the molecule is CCC(C)(N)C(=O)Cc1cc(OC)ccc1Br. The lowest BCUT2D eigenvalue weighted by Gasteiger charge is -2.21. The van der Waals surface area contributed by atoms with E-state index in [1.165, 1.54) is 0 Å². The summed E-state index contributed by atoms with van der Waals surface area (Å²) >= 11 is 3.43. The first-order chi connectivity index (χ1) is 7.90. The molecule has 1 aromatic rings. The number of hydrogen-bond donors (Lipinski definition) is 1. The van der Waals surface area contributed by atoms with Crippen LogP contribution in [0.15, 0.2) is 22.7 Å². The molecule has 0 amide bonds. The van der Waals surface area contributed by atoms with Crippen molar-refractivity contribution in [3.63, 3.8) is 0 Å². The fourth-order valence-electron chi connectivity index (χ4n) is 1.39. The van der Waals surface area contributed by atoms with Crippen LogP contribution in [0.5, 0.6) is 5.75 Å². The van der Waals surface area contributed by atoms with E-state index in [1.807, 2.05) is 25.1 Å². The van der Waals surface area contributed by atoms with Gasteiger partial charge >= 0.3 is 0 Å². The Bertz CT molecular complexity index is 416. The van der Waals surface area contributed by atoms with Crippen molar-refractivity contribution in [1.29, 1.82) is 0 Å². The Balaban J connectivity index is 2.91. The van der Waals surface area contributed by atoms with Crippen LogP contribution in [0.3, 0.4) is 0 Å². The average Bonchev–Trinajstić information content (AvgIpc) is 2.31. The largest absolute Gasteiger partial charge is 0.497 e. The molecule has 1 rings (SSSR count). The van der Waals surface area contributed by atoms with Crippen molar-refractivity contribution in [3.05, 3.63) is 28.2 Å². The van der Waals surface area contributed by atoms with Gasteiger partial charge in [-0.15, -0.1) is 0 Å². The summed E-state index contributed by atoms with van der Waals surface area (Å²) in [7, 11) is 1.61. The molecule has 17 heavy (non-hydrogen) atoms. The summed E-state index contributed by atoms with van der Waals surface area (Å²) in [5.74, 6) is 0.778. The molecule has 3 nitrogen and oxygen atoms in total. The fourth-order valence-corrected chi connectivity index (χ4v) is 1.77. The number of hydrogen-bond acceptors (Lipinski definition) is 3. The first kappa shape index (κ1) is 14.2. The van der Waals surface area contributed by atoms with Gasteiger partial charge in [0, 0.05) is 10.9 Å². The van der Waals surface area contributed by atoms with Gasteiger partial charge in [-0.2, -0.15) is 0 Å². The van der Waals surface area contributed by atoms with Gasteiger partial charge in [0.1, 0.15) is 5.75 Å². The minimum absolute atomic E-state index is 0.0361. The fraction of sp³-hybridized carbons (Fsp3) is 0.462. The summed E-state index contributed by atoms with van der Waals surface area (Å²) in [5, 5.41) is 0. The van der Waals surface area contributed by atoms with Crippen LogP contribution in [0.1, 0.15) is 25.8 Å². The van der Waals surface area contributed by atoms with Crippen molar-refractivity contribution in [2.45, 2.75) is 32.2 Å². The summed E-state index contributed by atoms with van der Waals surface area (Å²) in [4.78, 5) is 12.0. The molecule has 1 unspecified atom stereocenters. The molecule has 0 saturated carbocycles. The van der Waals surface area contributed by atoms with Gasteiger partial charge in [-0.25, -0.2) is 0 Å². The topological polar surface area (TPSA) is 52.3 Å². The van der Waals surface area contributed by atoms with E-state index in [1.54, 1.807) is 14.0 Å². The smallest absolute Gasteiger partial charge is 0.156 e. The minimum atomic E-state index is -0.761. The lowest BCUT2D eigenvalue weighted by molar-refractivity contribution is -0.123. The highest BCUT2D eigenvalue weighted by molar-refractivity contribution is 9.10. The second-order valence-electron chi connectivity index (χ2n) is 4.33. The van der Waals surface area contributed by atoms with Gasteiger partial charge in [0.2, 0.25) is 0 Å². The quantitative estimate of drug-likeness (QED) is 0.909. The Morgan fingerprint density at radius 1 is 1.53 bits per heavy atom. The Kier molecular flexibility index (Phi) is 4.71. The summed E-state index contributed by atoms with van der Waals surface area (Å²) in [6.07, 6.45) is 0.950. The maximum absolute atomic E-state index is 12.0. The third kappa shape index (κ3) is 3.54. The molecule has 2 N–H and O–H groups in total. The van der Waals surface area contributed by atoms with Gasteiger partial charge in [0.15, 0.2) is 5.78 Å². The highest BCUT2D eigenvalue weighted by Crippen LogP contribution is 2.24. The number of halogens is 1. The first-order valence-corrected chi connectivity index (χ1v) is 6.34. The molecule has 94 valence electrons. The number of rotatable bonds is 5. The number of carbonyl (C=O) groups excluding carboxylic acids is 1. The number of Topliss-reactive ketones (excluding diaryl/α,β-unsaturated/α-hetero) is 1. The van der Waals surface area contributed by atoms with Crippen LogP contribution < -0.4 is 10.5 Å². The molecule has 0 aliphatic heterocycles. The van der Waals surface area contributed by atoms with Crippen molar-refractivity contribution < 1.29 is 9.53 Å². The van der Waals surface area contributed by atoms with Crippen LogP contribution in [0.2, 0.25) is 0 Å². The van der Waals surface area contributed by atoms with Gasteiger partial charge in [-0.05, 0) is 37.1 Å². The van der Waals surface area contributed by atoms with Crippen molar-refractivity contribution >= 4 is 21.7 Å². The number of benzene rings is 1. The van der Waals surface area contributed by atoms with Gasteiger partial charge in [-0.1, -0.05) is 22.9 Å². The van der Waals surface area contributed by atoms with Gasteiger partial charge < -0.3 is 10.5 Å². The van der Waals surface area contributed by atoms with Crippen molar-refractivity contribution in [2.24, 2.45) is 5.73 Å². The van der Waals surface area contributed by atoms with Gasteiger partial charge in [0.25, 0.3) is 0 Å². The van der Waals surface area contributed by atoms with E-state index >= 15 is 0 Å². The van der Waals surface area contributed by atoms with E-state index in [2.05, 4.69) is 15.9 Å². The molecular formula is C13H18BrNO2. The maximum Gasteiger partial charge on any atom is 0.156 e. The van der Waals surface area contributed by atoms with E-state index in [0.29, 0.717) is 12.8 Å². The lowest BCUT2D eigenvalue weighted by Crippen LogP contribution is -2.45. The van der Waals surface area contributed by atoms with Crippen molar-refractivity contribution in [3.8, 4) is 5.75 Å². The van der Waals surface area contributed by atoms with Crippen LogP contribution in [0.4, 0.5) is 0 Å². The van der Waals surface area contributed by atoms with E-state index in [4.69, 9.17) is 10.5 Å². The number of ether oxygens (including phenoxy) is 1. The molecule has 0 bridgehead atoms. The molecular weight excluding hydrogens is 282 g/mol. The second-order valence-corrected chi connectivity index (χ2v) is 5.18. The Labute approximate surface area is 110 Å². The zero-order valence-corrected chi connectivity index (χ0v) is 12.0. The summed E-state index contributed by atoms with van der Waals surface area (Å²) in [5.41, 5.74) is 6.07. The molecule has 0 aromatic heterocycles. The van der Waals surface area contributed by atoms with Crippen LogP contribution in [-0.2, 0) is 11.2 Å². The van der Waals surface area contributed by atoms with Crippen LogP contribution in [0.25, 0.3) is 0 Å². The highest BCUT2D eigenvalue weighted by Gasteiger charge is 2.26. The molecule has 0 radical (unpaired) electrons. The predicted octanol–water partition coefficient (Wildman–Crippen LogP) is 2.70. The molecule has 0 aliphatic rings. The standard InChI is InChI=1S/C13H18BrNO2/c1-4-13(2,15)12(16)8-9-7-10(17-3)5-6-11(9)14/h5-7H,4,8,15H2,1-3H3. The van der Waals surface area contributed by atoms with E-state index < -0.39 is 5.54 Å². The summed E-state index contributed by atoms with van der Waals surface area (Å²) in [6, 6.07) is 5.58. The normalized spacial score (nSPS) is 14.2. The molecule has 4 heteroatoms. The molecule has 0 saturated heterocycles. The van der Waals surface area contributed by atoms with Crippen LogP contribution in [0, 0.1) is 0 Å². The van der Waals surface area contributed by atoms with Gasteiger partial charge in [0.05, 0.1) is 12.6 Å². The van der Waals surface area contributed by atoms with Crippen molar-refractivity contribution in [2.75, 3.05) is 7.11 Å². The van der Waals surface area contributed by atoms with E-state index in [-0.39, 0.29) is 5.78 Å². The molecule has 0 fully saturated rings. The number of nitrogens with two attached hydrogens (primary N) is 1. The Morgan fingerprint density at radius 2 is 2.18 bits per heavy atom. The predicted molar refractivity (Wildman–Crippen MR) is 72.3 cm³/mol. The van der Waals surface area contributed by atoms with Crippen molar-refractivity contribution in [1.82, 2.24) is 0 Å². The lowest BCUT2D eigenvalue weighted by atomic mass is 9.90. The summed E-state index contributed by atoms with van der Waals surface area (Å²) in [6.45, 7) is 3.68. The summed E-state index contributed by atoms with van der Waals surface area (Å²) < 4.78 is 6.04. The Morgan fingerprint density at radius 3 is 2.71 bits per heavy atom. The van der Waals surface area contributed by atoms with Gasteiger partial charge in [-0.3, -0.25) is 4.79 Å². The van der Waals surface area contributed by atoms with E-state index in [0.717, 1.165) is 15.8 Å². The first-order valence-electron chi connectivity index (χ1n) is 5.55. The third-order valence-corrected chi connectivity index (χ3v) is 3.75. The Hall–Kier alpha value is -0.870. The number of methoxy groups -OCH3 is 1. The molecule has 0 heterocycles. The molecule has 1 aromatic carbocycles. The third-order valence-electron chi connectivity index (χ3n) is 2.98. The van der Waals surface area contributed by atoms with Crippen LogP contribution >= 0.6 is 15.9 Å². The minimum Gasteiger partial charge on any atom is -0.497 e. The number of ketones is 1. The number of carbonyl (C=O) groups is 1. The monoisotopic (exact) mass is 299 g/mol.